The molecule has 4 nitrogen and oxygen atoms in total. The van der Waals surface area contributed by atoms with Gasteiger partial charge in [-0.3, -0.25) is 14.8 Å². The van der Waals surface area contributed by atoms with Crippen molar-refractivity contribution in [2.24, 2.45) is 0 Å². The molecule has 1 N–H and O–H groups in total. The van der Waals surface area contributed by atoms with Gasteiger partial charge in [-0.05, 0) is 117 Å². The number of aryl methyl sites for hydroxylation is 1. The van der Waals surface area contributed by atoms with Gasteiger partial charge in [0.1, 0.15) is 0 Å². The predicted octanol–water partition coefficient (Wildman–Crippen LogP) is 9.96. The van der Waals surface area contributed by atoms with Crippen molar-refractivity contribution in [3.8, 4) is 11.1 Å². The van der Waals surface area contributed by atoms with Crippen molar-refractivity contribution >= 4 is 5.57 Å². The Hall–Kier alpha value is -3.21. The molecule has 0 aliphatic carbocycles. The fourth-order valence-electron chi connectivity index (χ4n) is 5.31. The van der Waals surface area contributed by atoms with Gasteiger partial charge >= 0.3 is 0 Å². The van der Waals surface area contributed by atoms with Crippen molar-refractivity contribution in [3.63, 3.8) is 0 Å². The Morgan fingerprint density at radius 2 is 1.63 bits per heavy atom. The molecular formula is C39H60N4. The van der Waals surface area contributed by atoms with E-state index in [4.69, 9.17) is 0 Å². The number of nitrogens with zero attached hydrogens (tertiary/aromatic N) is 3. The summed E-state index contributed by atoms with van der Waals surface area (Å²) in [7, 11) is 0. The molecule has 0 radical (unpaired) electrons. The maximum absolute atomic E-state index is 4.58. The van der Waals surface area contributed by atoms with Crippen LogP contribution in [0.3, 0.4) is 0 Å². The molecular weight excluding hydrogens is 524 g/mol. The van der Waals surface area contributed by atoms with Crippen LogP contribution in [-0.2, 0) is 6.54 Å². The zero-order valence-corrected chi connectivity index (χ0v) is 27.4. The molecule has 0 atom stereocenters. The molecule has 236 valence electrons. The molecule has 1 aliphatic rings. The minimum absolute atomic E-state index is 0. The monoisotopic (exact) mass is 584 g/mol. The van der Waals surface area contributed by atoms with Gasteiger partial charge in [0.2, 0.25) is 0 Å². The molecule has 1 fully saturated rings. The summed E-state index contributed by atoms with van der Waals surface area (Å²) in [6.07, 6.45) is 16.5. The van der Waals surface area contributed by atoms with E-state index in [0.717, 1.165) is 78.3 Å². The molecule has 1 aromatic carbocycles. The maximum Gasteiger partial charge on any atom is 0.0384 e. The van der Waals surface area contributed by atoms with Crippen molar-refractivity contribution in [3.05, 3.63) is 108 Å². The smallest absolute Gasteiger partial charge is 0.0384 e. The molecule has 0 bridgehead atoms. The second-order valence-corrected chi connectivity index (χ2v) is 11.0. The zero-order valence-electron chi connectivity index (χ0n) is 27.4. The molecule has 1 saturated heterocycles. The molecule has 0 amide bonds. The van der Waals surface area contributed by atoms with Crippen molar-refractivity contribution < 1.29 is 0 Å². The van der Waals surface area contributed by atoms with Crippen LogP contribution in [0, 0.1) is 6.92 Å². The number of benzene rings is 1. The minimum atomic E-state index is 0. The van der Waals surface area contributed by atoms with E-state index < -0.39 is 0 Å². The van der Waals surface area contributed by atoms with E-state index in [1.54, 1.807) is 0 Å². The van der Waals surface area contributed by atoms with Crippen LogP contribution >= 0.6 is 0 Å². The Morgan fingerprint density at radius 3 is 2.26 bits per heavy atom. The third kappa shape index (κ3) is 12.5. The van der Waals surface area contributed by atoms with E-state index in [-0.39, 0.29) is 7.43 Å². The van der Waals surface area contributed by atoms with Gasteiger partial charge in [0, 0.05) is 42.4 Å². The molecule has 0 saturated carbocycles. The van der Waals surface area contributed by atoms with E-state index in [2.05, 4.69) is 103 Å². The SMILES string of the molecule is C.C=C(/C=C\C(=C/C)NC(=C)C(=C)c1cc(-c2cncc(CN3CCCCC3)c2)ccc1C)CN(CCC)CCC.CC. The molecule has 0 unspecified atom stereocenters. The largest absolute Gasteiger partial charge is 0.356 e. The van der Waals surface area contributed by atoms with Crippen LogP contribution in [0.4, 0.5) is 0 Å². The Kier molecular flexibility index (Phi) is 18.2. The van der Waals surface area contributed by atoms with Crippen molar-refractivity contribution in [2.45, 2.75) is 87.6 Å². The van der Waals surface area contributed by atoms with Gasteiger partial charge in [-0.1, -0.05) is 85.6 Å². The quantitative estimate of drug-likeness (QED) is 0.211. The Balaban J connectivity index is 0.00000302. The number of hydrogen-bond acceptors (Lipinski definition) is 4. The minimum Gasteiger partial charge on any atom is -0.356 e. The summed E-state index contributed by atoms with van der Waals surface area (Å²) in [5.74, 6) is 0. The van der Waals surface area contributed by atoms with E-state index in [1.165, 1.54) is 43.5 Å². The molecule has 4 heteroatoms. The van der Waals surface area contributed by atoms with Crippen LogP contribution < -0.4 is 5.32 Å². The summed E-state index contributed by atoms with van der Waals surface area (Å²) in [5, 5.41) is 3.47. The first-order valence-corrected chi connectivity index (χ1v) is 16.0. The zero-order chi connectivity index (χ0) is 30.9. The van der Waals surface area contributed by atoms with Gasteiger partial charge in [-0.2, -0.15) is 0 Å². The number of likely N-dealkylation sites (tertiary alicyclic amines) is 1. The lowest BCUT2D eigenvalue weighted by molar-refractivity contribution is 0.220. The second-order valence-electron chi connectivity index (χ2n) is 11.0. The number of aromatic nitrogens is 1. The fourth-order valence-corrected chi connectivity index (χ4v) is 5.31. The van der Waals surface area contributed by atoms with Crippen LogP contribution in [0.1, 0.15) is 90.8 Å². The van der Waals surface area contributed by atoms with Crippen molar-refractivity contribution in [1.82, 2.24) is 20.1 Å². The van der Waals surface area contributed by atoms with E-state index in [1.807, 2.05) is 33.2 Å². The Bertz CT molecular complexity index is 1210. The number of rotatable bonds is 15. The first-order chi connectivity index (χ1) is 20.3. The molecule has 0 spiro atoms. The first kappa shape index (κ1) is 37.8. The molecule has 2 heterocycles. The fraction of sp³-hybridized carbons (Fsp3) is 0.462. The van der Waals surface area contributed by atoms with Gasteiger partial charge in [-0.15, -0.1) is 0 Å². The van der Waals surface area contributed by atoms with Gasteiger partial charge in [0.25, 0.3) is 0 Å². The summed E-state index contributed by atoms with van der Waals surface area (Å²) < 4.78 is 0. The summed E-state index contributed by atoms with van der Waals surface area (Å²) in [5.41, 5.74) is 9.58. The van der Waals surface area contributed by atoms with Crippen LogP contribution in [0.2, 0.25) is 0 Å². The number of hydrogen-bond donors (Lipinski definition) is 1. The highest BCUT2D eigenvalue weighted by atomic mass is 15.1. The summed E-state index contributed by atoms with van der Waals surface area (Å²) in [6, 6.07) is 8.84. The number of nitrogens with one attached hydrogen (secondary N) is 1. The Labute approximate surface area is 265 Å². The van der Waals surface area contributed by atoms with E-state index >= 15 is 0 Å². The van der Waals surface area contributed by atoms with E-state index in [0.29, 0.717) is 0 Å². The lowest BCUT2D eigenvalue weighted by Gasteiger charge is -2.26. The molecule has 3 rings (SSSR count). The average molecular weight is 585 g/mol. The number of pyridine rings is 1. The average Bonchev–Trinajstić information content (AvgIpc) is 3.01. The lowest BCUT2D eigenvalue weighted by atomic mass is 9.94. The third-order valence-corrected chi connectivity index (χ3v) is 7.52. The maximum atomic E-state index is 4.58. The van der Waals surface area contributed by atoms with Gasteiger partial charge < -0.3 is 5.32 Å². The molecule has 1 aliphatic heterocycles. The van der Waals surface area contributed by atoms with Crippen LogP contribution in [0.15, 0.2) is 91.6 Å². The lowest BCUT2D eigenvalue weighted by Crippen LogP contribution is -2.29. The third-order valence-electron chi connectivity index (χ3n) is 7.52. The highest BCUT2D eigenvalue weighted by Gasteiger charge is 2.13. The first-order valence-electron chi connectivity index (χ1n) is 16.0. The predicted molar refractivity (Wildman–Crippen MR) is 192 cm³/mol. The Morgan fingerprint density at radius 1 is 0.953 bits per heavy atom. The van der Waals surface area contributed by atoms with Gasteiger partial charge in [0.15, 0.2) is 0 Å². The highest BCUT2D eigenvalue weighted by Crippen LogP contribution is 2.29. The van der Waals surface area contributed by atoms with E-state index in [9.17, 15) is 0 Å². The van der Waals surface area contributed by atoms with Crippen molar-refractivity contribution in [2.75, 3.05) is 32.7 Å². The standard InChI is InChI=1S/C36H50N4.C2H6.CH4/c1-8-18-39(19-9-2)26-28(4)14-17-35(10-3)38-31(7)30(6)36-23-33(16-15-29(36)5)34-22-32(24-37-25-34)27-40-20-12-11-13-21-40;1-2;/h10,14-17,22-25,38H,4,6-9,11-13,18-21,26-27H2,1-3,5H3;1-2H3;1H4/b17-14-,35-10+;;. The molecule has 1 aromatic heterocycles. The topological polar surface area (TPSA) is 31.4 Å². The van der Waals surface area contributed by atoms with Crippen LogP contribution in [0.5, 0.6) is 0 Å². The summed E-state index contributed by atoms with van der Waals surface area (Å²) in [6.45, 7) is 32.1. The van der Waals surface area contributed by atoms with Crippen LogP contribution in [0.25, 0.3) is 16.7 Å². The number of piperidine rings is 1. The highest BCUT2D eigenvalue weighted by molar-refractivity contribution is 5.81. The molecule has 43 heavy (non-hydrogen) atoms. The van der Waals surface area contributed by atoms with Gasteiger partial charge in [0.05, 0.1) is 0 Å². The summed E-state index contributed by atoms with van der Waals surface area (Å²) >= 11 is 0. The second kappa shape index (κ2) is 20.7. The van der Waals surface area contributed by atoms with Crippen LogP contribution in [-0.4, -0.2) is 47.5 Å². The number of allylic oxidation sites excluding steroid dienone is 3. The van der Waals surface area contributed by atoms with Gasteiger partial charge in [-0.25, -0.2) is 0 Å². The summed E-state index contributed by atoms with van der Waals surface area (Å²) in [4.78, 5) is 9.58. The van der Waals surface area contributed by atoms with Crippen molar-refractivity contribution in [1.29, 1.82) is 0 Å². The molecule has 2 aromatic rings. The normalized spacial score (nSPS) is 13.7.